The second kappa shape index (κ2) is 11.5. The standard InChI is InChI=1S/C17H17NO3S.C15H13NO3/c1-10(17(19)20)11-4-7-15-14(8-11)18(2)13-6-5-12(21-3)9-16(13)22-15;1-9(15(17)18)10-4-5-13-12(7-10)8-11-3-2-6-16-14(11)19-13/h4-10H,1-3H3,(H,19,20);2-7,9H,8H2,1H3,(H,17,18). The van der Waals surface area contributed by atoms with Crippen molar-refractivity contribution in [2.75, 3.05) is 19.1 Å². The first-order valence-corrected chi connectivity index (χ1v) is 13.9. The molecule has 4 aromatic rings. The predicted molar refractivity (Wildman–Crippen MR) is 157 cm³/mol. The zero-order valence-electron chi connectivity index (χ0n) is 23.1. The molecule has 1 aromatic heterocycles. The number of aliphatic carboxylic acids is 2. The van der Waals surface area contributed by atoms with Crippen LogP contribution in [0.5, 0.6) is 17.4 Å². The van der Waals surface area contributed by atoms with Crippen molar-refractivity contribution in [3.63, 3.8) is 0 Å². The number of rotatable bonds is 5. The van der Waals surface area contributed by atoms with Crippen molar-refractivity contribution in [3.8, 4) is 17.4 Å². The zero-order chi connectivity index (χ0) is 29.3. The fraction of sp³-hybridized carbons (Fsp3) is 0.219. The molecular formula is C32H30N2O6S. The normalized spacial score (nSPS) is 14.0. The molecule has 0 radical (unpaired) electrons. The number of hydrogen-bond acceptors (Lipinski definition) is 7. The summed E-state index contributed by atoms with van der Waals surface area (Å²) >= 11 is 1.68. The molecule has 2 unspecified atom stereocenters. The predicted octanol–water partition coefficient (Wildman–Crippen LogP) is 7.08. The first-order valence-electron chi connectivity index (χ1n) is 13.1. The minimum atomic E-state index is -0.821. The molecule has 2 atom stereocenters. The fourth-order valence-electron chi connectivity index (χ4n) is 4.73. The van der Waals surface area contributed by atoms with Crippen LogP contribution in [-0.4, -0.2) is 41.3 Å². The lowest BCUT2D eigenvalue weighted by Crippen LogP contribution is -2.16. The van der Waals surface area contributed by atoms with Crippen molar-refractivity contribution in [2.45, 2.75) is 41.9 Å². The van der Waals surface area contributed by atoms with E-state index in [9.17, 15) is 14.7 Å². The highest BCUT2D eigenvalue weighted by molar-refractivity contribution is 7.99. The van der Waals surface area contributed by atoms with Crippen molar-refractivity contribution < 1.29 is 29.3 Å². The number of benzene rings is 3. The van der Waals surface area contributed by atoms with Gasteiger partial charge in [0.25, 0.3) is 0 Å². The van der Waals surface area contributed by atoms with Crippen molar-refractivity contribution >= 4 is 35.1 Å². The number of methoxy groups -OCH3 is 1. The molecule has 6 rings (SSSR count). The zero-order valence-corrected chi connectivity index (χ0v) is 23.9. The highest BCUT2D eigenvalue weighted by Gasteiger charge is 2.24. The Morgan fingerprint density at radius 3 is 2.32 bits per heavy atom. The molecule has 0 amide bonds. The van der Waals surface area contributed by atoms with Crippen LogP contribution in [-0.2, 0) is 16.0 Å². The Hall–Kier alpha value is -4.50. The first-order chi connectivity index (χ1) is 19.7. The van der Waals surface area contributed by atoms with Gasteiger partial charge >= 0.3 is 11.9 Å². The lowest BCUT2D eigenvalue weighted by Gasteiger charge is -2.30. The maximum Gasteiger partial charge on any atom is 0.310 e. The van der Waals surface area contributed by atoms with Gasteiger partial charge < -0.3 is 24.6 Å². The minimum Gasteiger partial charge on any atom is -0.497 e. The van der Waals surface area contributed by atoms with E-state index < -0.39 is 23.8 Å². The number of carboxylic acids is 2. The largest absolute Gasteiger partial charge is 0.497 e. The van der Waals surface area contributed by atoms with E-state index in [1.165, 1.54) is 0 Å². The van der Waals surface area contributed by atoms with Gasteiger partial charge in [-0.15, -0.1) is 0 Å². The van der Waals surface area contributed by atoms with Gasteiger partial charge in [-0.2, -0.15) is 0 Å². The Balaban J connectivity index is 0.000000166. The van der Waals surface area contributed by atoms with Gasteiger partial charge in [0.05, 0.1) is 30.3 Å². The van der Waals surface area contributed by atoms with E-state index in [4.69, 9.17) is 14.6 Å². The molecule has 3 heterocycles. The molecule has 0 aliphatic carbocycles. The Labute approximate surface area is 242 Å². The summed E-state index contributed by atoms with van der Waals surface area (Å²) in [7, 11) is 3.66. The van der Waals surface area contributed by atoms with E-state index >= 15 is 0 Å². The van der Waals surface area contributed by atoms with Crippen LogP contribution in [0.15, 0.2) is 82.7 Å². The fourth-order valence-corrected chi connectivity index (χ4v) is 5.89. The van der Waals surface area contributed by atoms with Crippen molar-refractivity contribution in [2.24, 2.45) is 0 Å². The summed E-state index contributed by atoms with van der Waals surface area (Å²) in [5, 5.41) is 18.2. The average molecular weight is 571 g/mol. The van der Waals surface area contributed by atoms with Crippen LogP contribution in [0.2, 0.25) is 0 Å². The Morgan fingerprint density at radius 1 is 0.902 bits per heavy atom. The van der Waals surface area contributed by atoms with Crippen LogP contribution in [0.25, 0.3) is 0 Å². The molecule has 2 aliphatic heterocycles. The summed E-state index contributed by atoms with van der Waals surface area (Å²) in [5.41, 5.74) is 5.77. The molecule has 0 bridgehead atoms. The van der Waals surface area contributed by atoms with E-state index in [2.05, 4.69) is 9.88 Å². The van der Waals surface area contributed by atoms with Gasteiger partial charge in [-0.05, 0) is 73.0 Å². The molecule has 2 N–H and O–H groups in total. The molecule has 8 nitrogen and oxygen atoms in total. The van der Waals surface area contributed by atoms with E-state index in [0.29, 0.717) is 5.88 Å². The van der Waals surface area contributed by atoms with E-state index in [-0.39, 0.29) is 0 Å². The monoisotopic (exact) mass is 570 g/mol. The van der Waals surface area contributed by atoms with Gasteiger partial charge in [0.1, 0.15) is 11.5 Å². The summed E-state index contributed by atoms with van der Waals surface area (Å²) in [5.74, 6) is -0.433. The summed E-state index contributed by atoms with van der Waals surface area (Å²) in [6.45, 7) is 3.39. The maximum atomic E-state index is 11.2. The maximum absolute atomic E-state index is 11.2. The molecule has 0 saturated heterocycles. The molecule has 0 fully saturated rings. The minimum absolute atomic E-state index is 0.513. The van der Waals surface area contributed by atoms with Gasteiger partial charge in [-0.3, -0.25) is 9.59 Å². The molecule has 0 spiro atoms. The van der Waals surface area contributed by atoms with Gasteiger partial charge in [0.2, 0.25) is 5.88 Å². The third kappa shape index (κ3) is 5.71. The number of anilines is 2. The smallest absolute Gasteiger partial charge is 0.310 e. The Kier molecular flexibility index (Phi) is 7.90. The van der Waals surface area contributed by atoms with E-state index in [1.54, 1.807) is 45.0 Å². The van der Waals surface area contributed by atoms with Gasteiger partial charge in [-0.25, -0.2) is 4.98 Å². The SMILES string of the molecule is CC(C(=O)O)c1ccc2c(c1)Cc1cccnc1O2.COc1ccc2c(c1)Sc1ccc(C(C)C(=O)O)cc1N2C. The molecule has 9 heteroatoms. The second-order valence-electron chi connectivity index (χ2n) is 9.96. The molecular weight excluding hydrogens is 540 g/mol. The molecule has 210 valence electrons. The Morgan fingerprint density at radius 2 is 1.61 bits per heavy atom. The number of aromatic nitrogens is 1. The highest BCUT2D eigenvalue weighted by Crippen LogP contribution is 2.49. The summed E-state index contributed by atoms with van der Waals surface area (Å²) < 4.78 is 11.0. The number of pyridine rings is 1. The van der Waals surface area contributed by atoms with Gasteiger partial charge in [0.15, 0.2) is 0 Å². The molecule has 0 saturated carbocycles. The summed E-state index contributed by atoms with van der Waals surface area (Å²) in [6.07, 6.45) is 2.42. The number of carboxylic acid groups (broad SMARTS) is 2. The van der Waals surface area contributed by atoms with Crippen LogP contribution in [0.1, 0.15) is 47.9 Å². The molecule has 41 heavy (non-hydrogen) atoms. The van der Waals surface area contributed by atoms with Crippen molar-refractivity contribution in [1.82, 2.24) is 4.98 Å². The number of ether oxygens (including phenoxy) is 2. The number of hydrogen-bond donors (Lipinski definition) is 2. The molecule has 2 aliphatic rings. The lowest BCUT2D eigenvalue weighted by atomic mass is 9.95. The van der Waals surface area contributed by atoms with Crippen LogP contribution < -0.4 is 14.4 Å². The van der Waals surface area contributed by atoms with Gasteiger partial charge in [-0.1, -0.05) is 36.0 Å². The summed E-state index contributed by atoms with van der Waals surface area (Å²) in [6, 6.07) is 21.2. The molecule has 3 aromatic carbocycles. The number of carbonyl (C=O) groups is 2. The number of fused-ring (bicyclic) bond motifs is 4. The third-order valence-corrected chi connectivity index (χ3v) is 8.47. The van der Waals surface area contributed by atoms with Crippen LogP contribution in [0.4, 0.5) is 11.4 Å². The van der Waals surface area contributed by atoms with Crippen LogP contribution in [0, 0.1) is 0 Å². The highest BCUT2D eigenvalue weighted by atomic mass is 32.2. The van der Waals surface area contributed by atoms with E-state index in [1.807, 2.05) is 67.7 Å². The van der Waals surface area contributed by atoms with Crippen molar-refractivity contribution in [1.29, 1.82) is 0 Å². The van der Waals surface area contributed by atoms with Crippen LogP contribution >= 0.6 is 11.8 Å². The summed E-state index contributed by atoms with van der Waals surface area (Å²) in [4.78, 5) is 30.7. The first kappa shape index (κ1) is 28.0. The van der Waals surface area contributed by atoms with E-state index in [0.717, 1.165) is 61.3 Å². The van der Waals surface area contributed by atoms with Crippen molar-refractivity contribution in [3.05, 3.63) is 95.2 Å². The lowest BCUT2D eigenvalue weighted by molar-refractivity contribution is -0.139. The van der Waals surface area contributed by atoms with Gasteiger partial charge in [0, 0.05) is 35.0 Å². The quantitative estimate of drug-likeness (QED) is 0.229. The Bertz CT molecular complexity index is 1640. The topological polar surface area (TPSA) is 109 Å². The number of nitrogens with zero attached hydrogens (tertiary/aromatic N) is 2. The second-order valence-corrected chi connectivity index (χ2v) is 11.0. The van der Waals surface area contributed by atoms with Crippen LogP contribution in [0.3, 0.4) is 0 Å². The average Bonchev–Trinajstić information content (AvgIpc) is 2.98. The third-order valence-electron chi connectivity index (χ3n) is 7.36.